The number of piperidine rings is 1. The van der Waals surface area contributed by atoms with Crippen LogP contribution in [0.3, 0.4) is 0 Å². The van der Waals surface area contributed by atoms with Gasteiger partial charge in [0, 0.05) is 25.0 Å². The number of nitrogens with zero attached hydrogens (tertiary/aromatic N) is 1. The summed E-state index contributed by atoms with van der Waals surface area (Å²) >= 11 is 1.49. The SMILES string of the molecule is CCC(CC)C(=O)NC1CCN(C(=O)c2cccs2)CC1. The van der Waals surface area contributed by atoms with Gasteiger partial charge < -0.3 is 10.2 Å². The van der Waals surface area contributed by atoms with Crippen LogP contribution in [0.15, 0.2) is 17.5 Å². The molecule has 1 N–H and O–H groups in total. The Kier molecular flexibility index (Phi) is 5.79. The topological polar surface area (TPSA) is 49.4 Å². The van der Waals surface area contributed by atoms with Crippen LogP contribution in [-0.4, -0.2) is 35.8 Å². The zero-order chi connectivity index (χ0) is 15.2. The molecule has 116 valence electrons. The largest absolute Gasteiger partial charge is 0.353 e. The van der Waals surface area contributed by atoms with Crippen LogP contribution >= 0.6 is 11.3 Å². The van der Waals surface area contributed by atoms with Crippen molar-refractivity contribution in [3.63, 3.8) is 0 Å². The molecule has 21 heavy (non-hydrogen) atoms. The van der Waals surface area contributed by atoms with Crippen molar-refractivity contribution in [1.82, 2.24) is 10.2 Å². The summed E-state index contributed by atoms with van der Waals surface area (Å²) in [5, 5.41) is 5.07. The third kappa shape index (κ3) is 4.06. The Hall–Kier alpha value is -1.36. The summed E-state index contributed by atoms with van der Waals surface area (Å²) in [7, 11) is 0. The van der Waals surface area contributed by atoms with Gasteiger partial charge >= 0.3 is 0 Å². The molecule has 1 saturated heterocycles. The minimum absolute atomic E-state index is 0.120. The lowest BCUT2D eigenvalue weighted by atomic mass is 9.99. The lowest BCUT2D eigenvalue weighted by Gasteiger charge is -2.32. The molecule has 0 radical (unpaired) electrons. The van der Waals surface area contributed by atoms with Crippen molar-refractivity contribution in [2.45, 2.75) is 45.6 Å². The highest BCUT2D eigenvalue weighted by atomic mass is 32.1. The van der Waals surface area contributed by atoms with Gasteiger partial charge in [-0.2, -0.15) is 0 Å². The number of rotatable bonds is 5. The molecule has 1 aliphatic heterocycles. The number of hydrogen-bond acceptors (Lipinski definition) is 3. The van der Waals surface area contributed by atoms with Crippen LogP contribution in [0.25, 0.3) is 0 Å². The number of nitrogens with one attached hydrogen (secondary N) is 1. The van der Waals surface area contributed by atoms with Gasteiger partial charge in [0.05, 0.1) is 4.88 Å². The van der Waals surface area contributed by atoms with Crippen LogP contribution in [0.5, 0.6) is 0 Å². The van der Waals surface area contributed by atoms with Crippen molar-refractivity contribution >= 4 is 23.2 Å². The number of likely N-dealkylation sites (tertiary alicyclic amines) is 1. The first-order chi connectivity index (χ1) is 10.2. The lowest BCUT2D eigenvalue weighted by Crippen LogP contribution is -2.47. The maximum atomic E-state index is 12.2. The van der Waals surface area contributed by atoms with E-state index < -0.39 is 0 Å². The smallest absolute Gasteiger partial charge is 0.263 e. The second-order valence-corrected chi connectivity index (χ2v) is 6.51. The molecule has 0 saturated carbocycles. The zero-order valence-electron chi connectivity index (χ0n) is 12.8. The highest BCUT2D eigenvalue weighted by Crippen LogP contribution is 2.18. The molecule has 4 nitrogen and oxygen atoms in total. The Morgan fingerprint density at radius 1 is 1.33 bits per heavy atom. The average Bonchev–Trinajstić information content (AvgIpc) is 3.03. The maximum absolute atomic E-state index is 12.2. The first-order valence-corrected chi connectivity index (χ1v) is 8.66. The predicted octanol–water partition coefficient (Wildman–Crippen LogP) is 2.91. The van der Waals surface area contributed by atoms with E-state index in [1.807, 2.05) is 22.4 Å². The van der Waals surface area contributed by atoms with Crippen molar-refractivity contribution < 1.29 is 9.59 Å². The number of hydrogen-bond donors (Lipinski definition) is 1. The molecule has 0 aliphatic carbocycles. The fourth-order valence-electron chi connectivity index (χ4n) is 2.76. The molecule has 0 atom stereocenters. The van der Waals surface area contributed by atoms with Crippen molar-refractivity contribution in [3.05, 3.63) is 22.4 Å². The molecule has 2 rings (SSSR count). The Bertz CT molecular complexity index is 461. The van der Waals surface area contributed by atoms with E-state index in [-0.39, 0.29) is 23.8 Å². The molecule has 1 aromatic rings. The fraction of sp³-hybridized carbons (Fsp3) is 0.625. The summed E-state index contributed by atoms with van der Waals surface area (Å²) in [4.78, 5) is 27.0. The van der Waals surface area contributed by atoms with Crippen LogP contribution in [-0.2, 0) is 4.79 Å². The van der Waals surface area contributed by atoms with Gasteiger partial charge in [-0.25, -0.2) is 0 Å². The van der Waals surface area contributed by atoms with E-state index >= 15 is 0 Å². The molecule has 0 aromatic carbocycles. The summed E-state index contributed by atoms with van der Waals surface area (Å²) in [6, 6.07) is 3.99. The molecule has 0 unspecified atom stereocenters. The lowest BCUT2D eigenvalue weighted by molar-refractivity contribution is -0.126. The maximum Gasteiger partial charge on any atom is 0.263 e. The molecule has 0 spiro atoms. The monoisotopic (exact) mass is 308 g/mol. The van der Waals surface area contributed by atoms with Crippen molar-refractivity contribution in [2.24, 2.45) is 5.92 Å². The summed E-state index contributed by atoms with van der Waals surface area (Å²) < 4.78 is 0. The van der Waals surface area contributed by atoms with Crippen LogP contribution in [0.1, 0.15) is 49.2 Å². The molecule has 1 aliphatic rings. The van der Waals surface area contributed by atoms with Crippen molar-refractivity contribution in [2.75, 3.05) is 13.1 Å². The summed E-state index contributed by atoms with van der Waals surface area (Å²) in [5.41, 5.74) is 0. The standard InChI is InChI=1S/C16H24N2O2S/c1-3-12(4-2)15(19)17-13-7-9-18(10-8-13)16(20)14-6-5-11-21-14/h5-6,11-13H,3-4,7-10H2,1-2H3,(H,17,19). The van der Waals surface area contributed by atoms with Gasteiger partial charge in [-0.15, -0.1) is 11.3 Å². The van der Waals surface area contributed by atoms with E-state index in [4.69, 9.17) is 0 Å². The summed E-state index contributed by atoms with van der Waals surface area (Å²) in [6.07, 6.45) is 3.47. The fourth-order valence-corrected chi connectivity index (χ4v) is 3.45. The Morgan fingerprint density at radius 3 is 2.52 bits per heavy atom. The highest BCUT2D eigenvalue weighted by molar-refractivity contribution is 7.12. The quantitative estimate of drug-likeness (QED) is 0.909. The number of thiophene rings is 1. The minimum atomic E-state index is 0.120. The highest BCUT2D eigenvalue weighted by Gasteiger charge is 2.26. The normalized spacial score (nSPS) is 16.2. The average molecular weight is 308 g/mol. The van der Waals surface area contributed by atoms with Gasteiger partial charge in [-0.1, -0.05) is 19.9 Å². The van der Waals surface area contributed by atoms with E-state index in [0.29, 0.717) is 0 Å². The number of carbonyl (C=O) groups excluding carboxylic acids is 2. The Labute approximate surface area is 130 Å². The van der Waals surface area contributed by atoms with E-state index in [2.05, 4.69) is 19.2 Å². The van der Waals surface area contributed by atoms with Crippen LogP contribution < -0.4 is 5.32 Å². The van der Waals surface area contributed by atoms with E-state index in [0.717, 1.165) is 43.6 Å². The zero-order valence-corrected chi connectivity index (χ0v) is 13.6. The molecule has 1 aromatic heterocycles. The second-order valence-electron chi connectivity index (χ2n) is 5.57. The minimum Gasteiger partial charge on any atom is -0.353 e. The molecule has 2 heterocycles. The first kappa shape index (κ1) is 16.0. The molecule has 2 amide bonds. The third-order valence-corrected chi connectivity index (χ3v) is 5.07. The molecule has 1 fully saturated rings. The van der Waals surface area contributed by atoms with Gasteiger partial charge in [0.15, 0.2) is 0 Å². The Balaban J connectivity index is 1.81. The van der Waals surface area contributed by atoms with Crippen molar-refractivity contribution in [1.29, 1.82) is 0 Å². The van der Waals surface area contributed by atoms with Crippen LogP contribution in [0, 0.1) is 5.92 Å². The van der Waals surface area contributed by atoms with Gasteiger partial charge in [0.25, 0.3) is 5.91 Å². The predicted molar refractivity (Wildman–Crippen MR) is 85.5 cm³/mol. The van der Waals surface area contributed by atoms with E-state index in [1.54, 1.807) is 0 Å². The first-order valence-electron chi connectivity index (χ1n) is 7.78. The Morgan fingerprint density at radius 2 is 2.00 bits per heavy atom. The van der Waals surface area contributed by atoms with E-state index in [9.17, 15) is 9.59 Å². The van der Waals surface area contributed by atoms with Gasteiger partial charge in [-0.3, -0.25) is 9.59 Å². The van der Waals surface area contributed by atoms with Gasteiger partial charge in [0.2, 0.25) is 5.91 Å². The summed E-state index contributed by atoms with van der Waals surface area (Å²) in [6.45, 7) is 5.56. The van der Waals surface area contributed by atoms with Gasteiger partial charge in [0.1, 0.15) is 0 Å². The molecule has 0 bridgehead atoms. The van der Waals surface area contributed by atoms with Gasteiger partial charge in [-0.05, 0) is 37.1 Å². The second kappa shape index (κ2) is 7.59. The van der Waals surface area contributed by atoms with Crippen LogP contribution in [0.2, 0.25) is 0 Å². The molecule has 5 heteroatoms. The van der Waals surface area contributed by atoms with Crippen molar-refractivity contribution in [3.8, 4) is 0 Å². The number of amides is 2. The molecular weight excluding hydrogens is 284 g/mol. The molecular formula is C16H24N2O2S. The number of carbonyl (C=O) groups is 2. The third-order valence-electron chi connectivity index (χ3n) is 4.22. The summed E-state index contributed by atoms with van der Waals surface area (Å²) in [5.74, 6) is 0.411. The van der Waals surface area contributed by atoms with Crippen LogP contribution in [0.4, 0.5) is 0 Å². The van der Waals surface area contributed by atoms with E-state index in [1.165, 1.54) is 11.3 Å².